The van der Waals surface area contributed by atoms with E-state index in [9.17, 15) is 9.59 Å². The van der Waals surface area contributed by atoms with Crippen LogP contribution in [0.1, 0.15) is 21.7 Å². The maximum Gasteiger partial charge on any atom is 0.276 e. The Hall–Kier alpha value is -2.99. The Balaban J connectivity index is 1.69. The SMILES string of the molecule is Cn1cc(NC(=O)c2ccc(Cc3cccc(Cl)c3)nn2)ccc1=O. The fourth-order valence-electron chi connectivity index (χ4n) is 2.29. The van der Waals surface area contributed by atoms with Crippen LogP contribution in [0, 0.1) is 0 Å². The van der Waals surface area contributed by atoms with Gasteiger partial charge in [0.15, 0.2) is 5.69 Å². The molecule has 0 bridgehead atoms. The number of hydrogen-bond acceptors (Lipinski definition) is 4. The van der Waals surface area contributed by atoms with Gasteiger partial charge in [-0.15, -0.1) is 5.10 Å². The van der Waals surface area contributed by atoms with Gasteiger partial charge < -0.3 is 9.88 Å². The molecule has 0 unspecified atom stereocenters. The van der Waals surface area contributed by atoms with Crippen LogP contribution in [-0.2, 0) is 13.5 Å². The summed E-state index contributed by atoms with van der Waals surface area (Å²) in [5, 5.41) is 11.4. The lowest BCUT2D eigenvalue weighted by molar-refractivity contribution is 0.102. The molecule has 7 heteroatoms. The number of carbonyl (C=O) groups is 1. The summed E-state index contributed by atoms with van der Waals surface area (Å²) in [5.41, 5.74) is 2.31. The molecule has 6 nitrogen and oxygen atoms in total. The summed E-state index contributed by atoms with van der Waals surface area (Å²) in [4.78, 5) is 23.6. The molecule has 1 N–H and O–H groups in total. The molecular formula is C18H15ClN4O2. The minimum atomic E-state index is -0.388. The number of anilines is 1. The first kappa shape index (κ1) is 16.9. The van der Waals surface area contributed by atoms with Crippen molar-refractivity contribution in [1.82, 2.24) is 14.8 Å². The Bertz CT molecular complexity index is 967. The minimum Gasteiger partial charge on any atom is -0.319 e. The zero-order valence-electron chi connectivity index (χ0n) is 13.4. The van der Waals surface area contributed by atoms with Crippen LogP contribution in [0.4, 0.5) is 5.69 Å². The fourth-order valence-corrected chi connectivity index (χ4v) is 2.51. The van der Waals surface area contributed by atoms with E-state index < -0.39 is 0 Å². The first-order valence-electron chi connectivity index (χ1n) is 7.56. The summed E-state index contributed by atoms with van der Waals surface area (Å²) >= 11 is 5.97. The number of rotatable bonds is 4. The highest BCUT2D eigenvalue weighted by Gasteiger charge is 2.09. The average molecular weight is 355 g/mol. The third kappa shape index (κ3) is 4.30. The van der Waals surface area contributed by atoms with Crippen LogP contribution in [0.25, 0.3) is 0 Å². The van der Waals surface area contributed by atoms with Crippen molar-refractivity contribution in [1.29, 1.82) is 0 Å². The first-order chi connectivity index (χ1) is 12.0. The summed E-state index contributed by atoms with van der Waals surface area (Å²) in [6.45, 7) is 0. The third-order valence-corrected chi connectivity index (χ3v) is 3.81. The van der Waals surface area contributed by atoms with Crippen molar-refractivity contribution < 1.29 is 4.79 Å². The summed E-state index contributed by atoms with van der Waals surface area (Å²) in [7, 11) is 1.61. The Morgan fingerprint density at radius 2 is 2.00 bits per heavy atom. The van der Waals surface area contributed by atoms with Crippen molar-refractivity contribution in [2.45, 2.75) is 6.42 Å². The first-order valence-corrected chi connectivity index (χ1v) is 7.94. The van der Waals surface area contributed by atoms with E-state index in [1.54, 1.807) is 31.4 Å². The van der Waals surface area contributed by atoms with Crippen LogP contribution < -0.4 is 10.9 Å². The average Bonchev–Trinajstić information content (AvgIpc) is 2.59. The van der Waals surface area contributed by atoms with Crippen molar-refractivity contribution >= 4 is 23.2 Å². The Kier molecular flexibility index (Phi) is 4.90. The highest BCUT2D eigenvalue weighted by Crippen LogP contribution is 2.14. The predicted octanol–water partition coefficient (Wildman–Crippen LogP) is 2.67. The second-order valence-corrected chi connectivity index (χ2v) is 5.97. The van der Waals surface area contributed by atoms with Crippen molar-refractivity contribution in [3.8, 4) is 0 Å². The molecule has 1 aromatic carbocycles. The molecule has 0 aliphatic carbocycles. The number of hydrogen-bond donors (Lipinski definition) is 1. The molecule has 126 valence electrons. The van der Waals surface area contributed by atoms with Gasteiger partial charge in [-0.2, -0.15) is 5.10 Å². The van der Waals surface area contributed by atoms with Crippen molar-refractivity contribution in [3.63, 3.8) is 0 Å². The molecule has 25 heavy (non-hydrogen) atoms. The monoisotopic (exact) mass is 354 g/mol. The molecule has 2 aromatic heterocycles. The zero-order valence-corrected chi connectivity index (χ0v) is 14.2. The Morgan fingerprint density at radius 1 is 1.16 bits per heavy atom. The van der Waals surface area contributed by atoms with E-state index >= 15 is 0 Å². The van der Waals surface area contributed by atoms with Crippen LogP contribution >= 0.6 is 11.6 Å². The molecule has 0 atom stereocenters. The number of aromatic nitrogens is 3. The minimum absolute atomic E-state index is 0.150. The number of nitrogens with one attached hydrogen (secondary N) is 1. The van der Waals surface area contributed by atoms with E-state index in [2.05, 4.69) is 15.5 Å². The standard InChI is InChI=1S/C18H15ClN4O2/c1-23-11-15(6-8-17(23)24)20-18(25)16-7-5-14(21-22-16)10-12-3-2-4-13(19)9-12/h2-9,11H,10H2,1H3,(H,20,25). The van der Waals surface area contributed by atoms with Crippen LogP contribution in [-0.4, -0.2) is 20.7 Å². The van der Waals surface area contributed by atoms with Gasteiger partial charge >= 0.3 is 0 Å². The topological polar surface area (TPSA) is 76.9 Å². The van der Waals surface area contributed by atoms with Gasteiger partial charge in [0.05, 0.1) is 11.4 Å². The maximum absolute atomic E-state index is 12.2. The highest BCUT2D eigenvalue weighted by atomic mass is 35.5. The molecule has 0 aliphatic rings. The molecule has 0 saturated carbocycles. The van der Waals surface area contributed by atoms with E-state index in [0.717, 1.165) is 11.3 Å². The highest BCUT2D eigenvalue weighted by molar-refractivity contribution is 6.30. The molecule has 0 fully saturated rings. The lowest BCUT2D eigenvalue weighted by Gasteiger charge is -2.06. The van der Waals surface area contributed by atoms with E-state index in [0.29, 0.717) is 17.1 Å². The van der Waals surface area contributed by atoms with Gasteiger partial charge in [-0.1, -0.05) is 23.7 Å². The van der Waals surface area contributed by atoms with Gasteiger partial charge in [0, 0.05) is 30.8 Å². The molecule has 3 rings (SSSR count). The number of benzene rings is 1. The van der Waals surface area contributed by atoms with Crippen LogP contribution in [0.3, 0.4) is 0 Å². The smallest absolute Gasteiger partial charge is 0.276 e. The second kappa shape index (κ2) is 7.27. The van der Waals surface area contributed by atoms with E-state index in [1.807, 2.05) is 24.3 Å². The van der Waals surface area contributed by atoms with Gasteiger partial charge in [-0.25, -0.2) is 0 Å². The number of halogens is 1. The number of amides is 1. The Labute approximate surface area is 149 Å². The molecule has 0 saturated heterocycles. The summed E-state index contributed by atoms with van der Waals surface area (Å²) < 4.78 is 1.38. The molecule has 0 aliphatic heterocycles. The number of pyridine rings is 1. The lowest BCUT2D eigenvalue weighted by Crippen LogP contribution is -2.19. The molecule has 0 radical (unpaired) electrons. The zero-order chi connectivity index (χ0) is 17.8. The predicted molar refractivity (Wildman–Crippen MR) is 95.9 cm³/mol. The molecule has 2 heterocycles. The van der Waals surface area contributed by atoms with E-state index in [-0.39, 0.29) is 17.2 Å². The quantitative estimate of drug-likeness (QED) is 0.781. The molecule has 1 amide bonds. The number of carbonyl (C=O) groups excluding carboxylic acids is 1. The maximum atomic E-state index is 12.2. The molecular weight excluding hydrogens is 340 g/mol. The second-order valence-electron chi connectivity index (χ2n) is 5.54. The third-order valence-electron chi connectivity index (χ3n) is 3.57. The van der Waals surface area contributed by atoms with E-state index in [1.165, 1.54) is 10.6 Å². The van der Waals surface area contributed by atoms with E-state index in [4.69, 9.17) is 11.6 Å². The van der Waals surface area contributed by atoms with Crippen molar-refractivity contribution in [2.24, 2.45) is 7.05 Å². The largest absolute Gasteiger partial charge is 0.319 e. The normalized spacial score (nSPS) is 10.5. The van der Waals surface area contributed by atoms with Crippen molar-refractivity contribution in [3.05, 3.63) is 87.1 Å². The van der Waals surface area contributed by atoms with Crippen molar-refractivity contribution in [2.75, 3.05) is 5.32 Å². The lowest BCUT2D eigenvalue weighted by atomic mass is 10.1. The number of aryl methyl sites for hydroxylation is 1. The molecule has 3 aromatic rings. The van der Waals surface area contributed by atoms with Crippen LogP contribution in [0.15, 0.2) is 59.5 Å². The summed E-state index contributed by atoms with van der Waals surface area (Å²) in [6, 6.07) is 13.8. The van der Waals surface area contributed by atoms with Gasteiger partial charge in [0.1, 0.15) is 0 Å². The van der Waals surface area contributed by atoms with Gasteiger partial charge in [-0.05, 0) is 35.9 Å². The summed E-state index contributed by atoms with van der Waals surface area (Å²) in [5.74, 6) is -0.388. The fraction of sp³-hybridized carbons (Fsp3) is 0.111. The van der Waals surface area contributed by atoms with Gasteiger partial charge in [0.2, 0.25) is 5.56 Å². The van der Waals surface area contributed by atoms with Gasteiger partial charge in [0.25, 0.3) is 5.91 Å². The van der Waals surface area contributed by atoms with Gasteiger partial charge in [-0.3, -0.25) is 9.59 Å². The number of nitrogens with zero attached hydrogens (tertiary/aromatic N) is 3. The molecule has 0 spiro atoms. The summed E-state index contributed by atoms with van der Waals surface area (Å²) in [6.07, 6.45) is 2.12. The van der Waals surface area contributed by atoms with Crippen LogP contribution in [0.2, 0.25) is 5.02 Å². The Morgan fingerprint density at radius 3 is 2.68 bits per heavy atom. The van der Waals surface area contributed by atoms with Crippen LogP contribution in [0.5, 0.6) is 0 Å².